The molecule has 4 nitrogen and oxygen atoms in total. The molecule has 14 heavy (non-hydrogen) atoms. The smallest absolute Gasteiger partial charge is 0.253 e. The van der Waals surface area contributed by atoms with Crippen LogP contribution >= 0.6 is 24.0 Å². The fourth-order valence-electron chi connectivity index (χ4n) is 0.831. The van der Waals surface area contributed by atoms with E-state index in [2.05, 4.69) is 5.32 Å². The van der Waals surface area contributed by atoms with E-state index in [4.69, 9.17) is 17.4 Å². The molecular weight excluding hydrogens is 225 g/mol. The fraction of sp³-hybridized carbons (Fsp3) is 0.125. The SMILES string of the molecule is Cl.NNC(=O)CNc1ccccc1Cl. The largest absolute Gasteiger partial charge is 0.375 e. The van der Waals surface area contributed by atoms with Crippen LogP contribution in [0.3, 0.4) is 0 Å². The molecule has 1 rings (SSSR count). The maximum Gasteiger partial charge on any atom is 0.253 e. The highest BCUT2D eigenvalue weighted by Crippen LogP contribution is 2.19. The number of anilines is 1. The first-order chi connectivity index (χ1) is 6.24. The molecule has 0 atom stereocenters. The molecule has 1 aromatic carbocycles. The lowest BCUT2D eigenvalue weighted by molar-refractivity contribution is -0.119. The quantitative estimate of drug-likeness (QED) is 0.419. The van der Waals surface area contributed by atoms with Gasteiger partial charge in [-0.15, -0.1) is 12.4 Å². The van der Waals surface area contributed by atoms with Crippen LogP contribution in [0.4, 0.5) is 5.69 Å². The maximum atomic E-state index is 10.8. The third-order valence-corrected chi connectivity index (χ3v) is 1.80. The highest BCUT2D eigenvalue weighted by Gasteiger charge is 2.00. The van der Waals surface area contributed by atoms with Gasteiger partial charge in [0.2, 0.25) is 0 Å². The van der Waals surface area contributed by atoms with Gasteiger partial charge in [-0.3, -0.25) is 10.2 Å². The molecule has 6 heteroatoms. The summed E-state index contributed by atoms with van der Waals surface area (Å²) in [4.78, 5) is 10.8. The molecule has 1 amide bonds. The Hall–Kier alpha value is -0.970. The molecule has 0 aliphatic carbocycles. The Morgan fingerprint density at radius 3 is 2.64 bits per heavy atom. The van der Waals surface area contributed by atoms with Crippen LogP contribution < -0.4 is 16.6 Å². The van der Waals surface area contributed by atoms with Crippen LogP contribution in [-0.2, 0) is 4.79 Å². The molecule has 1 aromatic rings. The van der Waals surface area contributed by atoms with E-state index in [1.54, 1.807) is 12.1 Å². The fourth-order valence-corrected chi connectivity index (χ4v) is 1.03. The minimum absolute atomic E-state index is 0. The van der Waals surface area contributed by atoms with E-state index in [1.165, 1.54) is 0 Å². The van der Waals surface area contributed by atoms with Crippen molar-refractivity contribution in [3.05, 3.63) is 29.3 Å². The lowest BCUT2D eigenvalue weighted by atomic mass is 10.3. The average molecular weight is 236 g/mol. The number of carbonyl (C=O) groups is 1. The average Bonchev–Trinajstić information content (AvgIpc) is 2.16. The summed E-state index contributed by atoms with van der Waals surface area (Å²) < 4.78 is 0. The first-order valence-corrected chi connectivity index (χ1v) is 4.09. The number of para-hydroxylation sites is 1. The Balaban J connectivity index is 0.00000169. The zero-order valence-electron chi connectivity index (χ0n) is 7.29. The molecule has 0 heterocycles. The summed E-state index contributed by atoms with van der Waals surface area (Å²) in [6, 6.07) is 7.17. The predicted octanol–water partition coefficient (Wildman–Crippen LogP) is 1.16. The van der Waals surface area contributed by atoms with Crippen LogP contribution in [0.2, 0.25) is 5.02 Å². The van der Waals surface area contributed by atoms with Crippen LogP contribution in [0.5, 0.6) is 0 Å². The Morgan fingerprint density at radius 2 is 2.07 bits per heavy atom. The number of amides is 1. The number of rotatable bonds is 3. The van der Waals surface area contributed by atoms with E-state index in [9.17, 15) is 4.79 Å². The summed E-state index contributed by atoms with van der Waals surface area (Å²) in [7, 11) is 0. The maximum absolute atomic E-state index is 10.8. The minimum Gasteiger partial charge on any atom is -0.375 e. The third-order valence-electron chi connectivity index (χ3n) is 1.47. The summed E-state index contributed by atoms with van der Waals surface area (Å²) in [5.74, 6) is 4.61. The topological polar surface area (TPSA) is 67.1 Å². The molecule has 0 aromatic heterocycles. The van der Waals surface area contributed by atoms with E-state index in [0.717, 1.165) is 0 Å². The summed E-state index contributed by atoms with van der Waals surface area (Å²) in [6.07, 6.45) is 0. The van der Waals surface area contributed by atoms with Crippen molar-refractivity contribution in [3.63, 3.8) is 0 Å². The summed E-state index contributed by atoms with van der Waals surface area (Å²) >= 11 is 5.83. The van der Waals surface area contributed by atoms with Crippen molar-refractivity contribution in [2.24, 2.45) is 5.84 Å². The molecule has 0 radical (unpaired) electrons. The van der Waals surface area contributed by atoms with Gasteiger partial charge in [0.05, 0.1) is 17.3 Å². The van der Waals surface area contributed by atoms with Gasteiger partial charge in [-0.1, -0.05) is 23.7 Å². The van der Waals surface area contributed by atoms with Crippen molar-refractivity contribution >= 4 is 35.6 Å². The van der Waals surface area contributed by atoms with Crippen LogP contribution in [0.25, 0.3) is 0 Å². The molecule has 0 aliphatic heterocycles. The van der Waals surface area contributed by atoms with E-state index < -0.39 is 0 Å². The minimum atomic E-state index is -0.292. The van der Waals surface area contributed by atoms with Crippen molar-refractivity contribution in [1.82, 2.24) is 5.43 Å². The van der Waals surface area contributed by atoms with E-state index in [1.807, 2.05) is 17.6 Å². The van der Waals surface area contributed by atoms with Crippen molar-refractivity contribution in [1.29, 1.82) is 0 Å². The van der Waals surface area contributed by atoms with Crippen LogP contribution in [0.1, 0.15) is 0 Å². The molecule has 0 unspecified atom stereocenters. The molecule has 0 fully saturated rings. The molecule has 0 aliphatic rings. The molecule has 78 valence electrons. The zero-order chi connectivity index (χ0) is 9.68. The van der Waals surface area contributed by atoms with Gasteiger partial charge in [0, 0.05) is 0 Å². The first kappa shape index (κ1) is 13.0. The number of carbonyl (C=O) groups excluding carboxylic acids is 1. The van der Waals surface area contributed by atoms with Crippen LogP contribution in [0.15, 0.2) is 24.3 Å². The van der Waals surface area contributed by atoms with Crippen LogP contribution in [-0.4, -0.2) is 12.5 Å². The lowest BCUT2D eigenvalue weighted by Gasteiger charge is -2.06. The van der Waals surface area contributed by atoms with Crippen LogP contribution in [0, 0.1) is 0 Å². The molecular formula is C8H11Cl2N3O. The summed E-state index contributed by atoms with van der Waals surface area (Å²) in [5, 5.41) is 3.42. The van der Waals surface area contributed by atoms with Crippen molar-refractivity contribution in [3.8, 4) is 0 Å². The zero-order valence-corrected chi connectivity index (χ0v) is 8.86. The first-order valence-electron chi connectivity index (χ1n) is 3.72. The van der Waals surface area contributed by atoms with Crippen molar-refractivity contribution in [2.75, 3.05) is 11.9 Å². The van der Waals surface area contributed by atoms with Gasteiger partial charge >= 0.3 is 0 Å². The highest BCUT2D eigenvalue weighted by atomic mass is 35.5. The van der Waals surface area contributed by atoms with E-state index >= 15 is 0 Å². The molecule has 0 spiro atoms. The predicted molar refractivity (Wildman–Crippen MR) is 59.5 cm³/mol. The van der Waals surface area contributed by atoms with Gasteiger partial charge in [-0.2, -0.15) is 0 Å². The molecule has 0 bridgehead atoms. The second-order valence-corrected chi connectivity index (χ2v) is 2.81. The summed E-state index contributed by atoms with van der Waals surface area (Å²) in [5.41, 5.74) is 2.73. The second kappa shape index (κ2) is 6.48. The number of hydrogen-bond donors (Lipinski definition) is 3. The van der Waals surface area contributed by atoms with E-state index in [-0.39, 0.29) is 24.9 Å². The number of halogens is 2. The molecule has 0 saturated carbocycles. The van der Waals surface area contributed by atoms with Gasteiger partial charge in [0.1, 0.15) is 0 Å². The van der Waals surface area contributed by atoms with Gasteiger partial charge in [-0.25, -0.2) is 5.84 Å². The number of hydrazine groups is 1. The number of hydrogen-bond acceptors (Lipinski definition) is 3. The Labute approximate surface area is 93.2 Å². The normalized spacial score (nSPS) is 8.71. The second-order valence-electron chi connectivity index (χ2n) is 2.40. The van der Waals surface area contributed by atoms with Gasteiger partial charge in [0.25, 0.3) is 5.91 Å². The monoisotopic (exact) mass is 235 g/mol. The van der Waals surface area contributed by atoms with Gasteiger partial charge in [-0.05, 0) is 12.1 Å². The third kappa shape index (κ3) is 3.83. The van der Waals surface area contributed by atoms with Crippen molar-refractivity contribution in [2.45, 2.75) is 0 Å². The Kier molecular flexibility index (Phi) is 6.03. The number of nitrogens with one attached hydrogen (secondary N) is 2. The lowest BCUT2D eigenvalue weighted by Crippen LogP contribution is -2.35. The van der Waals surface area contributed by atoms with Gasteiger partial charge < -0.3 is 5.32 Å². The summed E-state index contributed by atoms with van der Waals surface area (Å²) in [6.45, 7) is 0.111. The Bertz CT molecular complexity index is 306. The number of benzene rings is 1. The Morgan fingerprint density at radius 1 is 1.43 bits per heavy atom. The van der Waals surface area contributed by atoms with Gasteiger partial charge in [0.15, 0.2) is 0 Å². The van der Waals surface area contributed by atoms with E-state index in [0.29, 0.717) is 10.7 Å². The van der Waals surface area contributed by atoms with Crippen molar-refractivity contribution < 1.29 is 4.79 Å². The standard InChI is InChI=1S/C8H10ClN3O.ClH/c9-6-3-1-2-4-7(6)11-5-8(13)12-10;/h1-4,11H,5,10H2,(H,12,13);1H. The number of nitrogens with two attached hydrogens (primary N) is 1. The molecule has 4 N–H and O–H groups in total. The highest BCUT2D eigenvalue weighted by molar-refractivity contribution is 6.33. The molecule has 0 saturated heterocycles.